The summed E-state index contributed by atoms with van der Waals surface area (Å²) in [5.74, 6) is 4.06. The Morgan fingerprint density at radius 3 is 1.96 bits per heavy atom. The maximum Gasteiger partial charge on any atom is 0.412 e. The van der Waals surface area contributed by atoms with Crippen molar-refractivity contribution in [1.82, 2.24) is 0 Å². The van der Waals surface area contributed by atoms with E-state index in [0.717, 1.165) is 5.56 Å². The molecule has 0 heterocycles. The molecule has 1 amide bonds. The summed E-state index contributed by atoms with van der Waals surface area (Å²) < 4.78 is 10.7. The molecule has 4 nitrogen and oxygen atoms in total. The van der Waals surface area contributed by atoms with Gasteiger partial charge >= 0.3 is 6.09 Å². The van der Waals surface area contributed by atoms with Gasteiger partial charge < -0.3 is 9.47 Å². The molecule has 0 atom stereocenters. The van der Waals surface area contributed by atoms with Crippen LogP contribution in [-0.2, 0) is 4.74 Å². The van der Waals surface area contributed by atoms with E-state index in [0.29, 0.717) is 28.1 Å². The van der Waals surface area contributed by atoms with E-state index in [1.54, 1.807) is 13.2 Å². The van der Waals surface area contributed by atoms with Crippen molar-refractivity contribution in [3.05, 3.63) is 23.8 Å². The smallest absolute Gasteiger partial charge is 0.412 e. The average Bonchev–Trinajstić information content (AvgIpc) is 2.52. The normalized spacial score (nSPS) is 12.0. The zero-order valence-corrected chi connectivity index (χ0v) is 20.2. The van der Waals surface area contributed by atoms with E-state index >= 15 is 0 Å². The zero-order chi connectivity index (χ0) is 21.7. The number of nitrogens with one attached hydrogen (secondary N) is 1. The molecule has 5 heteroatoms. The number of hydrogen-bond donors (Lipinski definition) is 1. The molecule has 0 saturated carbocycles. The van der Waals surface area contributed by atoms with Gasteiger partial charge in [-0.3, -0.25) is 5.32 Å². The first-order chi connectivity index (χ1) is 12.8. The van der Waals surface area contributed by atoms with Gasteiger partial charge in [0, 0.05) is 17.3 Å². The van der Waals surface area contributed by atoms with Crippen LogP contribution in [0.1, 0.15) is 67.9 Å². The maximum absolute atomic E-state index is 12.1. The molecule has 0 aliphatic carbocycles. The van der Waals surface area contributed by atoms with Crippen molar-refractivity contribution in [3.8, 4) is 17.2 Å². The number of anilines is 1. The standard InChI is InChI=1S/C23H37NO3Si/c1-16(2)28(17(3)4,18(5)6)12-11-19-13-20(15-21(14-19)26-10)24-22(25)27-23(7,8)9/h13-18H,1-10H3,(H,24,25). The third-order valence-corrected chi connectivity index (χ3v) is 11.4. The molecule has 1 N–H and O–H groups in total. The highest BCUT2D eigenvalue weighted by molar-refractivity contribution is 6.90. The molecule has 1 rings (SSSR count). The summed E-state index contributed by atoms with van der Waals surface area (Å²) in [7, 11) is -0.223. The number of benzene rings is 1. The summed E-state index contributed by atoms with van der Waals surface area (Å²) in [6.07, 6.45) is -0.491. The minimum Gasteiger partial charge on any atom is -0.497 e. The van der Waals surface area contributed by atoms with Crippen molar-refractivity contribution in [2.75, 3.05) is 12.4 Å². The van der Waals surface area contributed by atoms with Crippen LogP contribution < -0.4 is 10.1 Å². The van der Waals surface area contributed by atoms with Gasteiger partial charge in [0.25, 0.3) is 0 Å². The van der Waals surface area contributed by atoms with E-state index in [-0.39, 0.29) is 0 Å². The Hall–Kier alpha value is -1.93. The van der Waals surface area contributed by atoms with Gasteiger partial charge in [0.1, 0.15) is 19.4 Å². The summed E-state index contributed by atoms with van der Waals surface area (Å²) in [6, 6.07) is 5.56. The van der Waals surface area contributed by atoms with Gasteiger partial charge in [0.15, 0.2) is 0 Å². The zero-order valence-electron chi connectivity index (χ0n) is 19.2. The number of rotatable bonds is 5. The Bertz CT molecular complexity index is 715. The Morgan fingerprint density at radius 1 is 1.00 bits per heavy atom. The second-order valence-electron chi connectivity index (χ2n) is 9.22. The molecule has 1 aromatic rings. The Labute approximate surface area is 172 Å². The number of methoxy groups -OCH3 is 1. The molecular formula is C23H37NO3Si. The number of carbonyl (C=O) groups excluding carboxylic acids is 1. The SMILES string of the molecule is COc1cc(C#C[Si](C(C)C)(C(C)C)C(C)C)cc(NC(=O)OC(C)(C)C)c1. The van der Waals surface area contributed by atoms with Crippen LogP contribution in [0, 0.1) is 11.5 Å². The van der Waals surface area contributed by atoms with Crippen LogP contribution in [0.2, 0.25) is 16.6 Å². The van der Waals surface area contributed by atoms with Crippen LogP contribution in [0.3, 0.4) is 0 Å². The number of hydrogen-bond acceptors (Lipinski definition) is 3. The molecule has 0 unspecified atom stereocenters. The Morgan fingerprint density at radius 2 is 1.54 bits per heavy atom. The summed E-state index contributed by atoms with van der Waals surface area (Å²) in [5.41, 5.74) is 6.29. The third-order valence-electron chi connectivity index (χ3n) is 5.08. The highest BCUT2D eigenvalue weighted by atomic mass is 28.3. The highest BCUT2D eigenvalue weighted by Crippen LogP contribution is 2.40. The van der Waals surface area contributed by atoms with Crippen molar-refractivity contribution in [3.63, 3.8) is 0 Å². The average molecular weight is 404 g/mol. The molecule has 0 radical (unpaired) electrons. The highest BCUT2D eigenvalue weighted by Gasteiger charge is 2.41. The van der Waals surface area contributed by atoms with Gasteiger partial charge in [0.05, 0.1) is 7.11 Å². The van der Waals surface area contributed by atoms with E-state index in [1.807, 2.05) is 32.9 Å². The van der Waals surface area contributed by atoms with Crippen LogP contribution in [0.5, 0.6) is 5.75 Å². The van der Waals surface area contributed by atoms with Crippen LogP contribution >= 0.6 is 0 Å². The number of carbonyl (C=O) groups is 1. The number of amides is 1. The summed E-state index contributed by atoms with van der Waals surface area (Å²) in [5, 5.41) is 2.78. The van der Waals surface area contributed by atoms with Crippen molar-refractivity contribution in [2.45, 2.75) is 84.5 Å². The van der Waals surface area contributed by atoms with Gasteiger partial charge in [0.2, 0.25) is 0 Å². The van der Waals surface area contributed by atoms with Gasteiger partial charge in [-0.15, -0.1) is 5.54 Å². The van der Waals surface area contributed by atoms with E-state index < -0.39 is 19.8 Å². The Balaban J connectivity index is 3.29. The second-order valence-corrected chi connectivity index (χ2v) is 14.8. The van der Waals surface area contributed by atoms with Crippen LogP contribution in [0.15, 0.2) is 18.2 Å². The summed E-state index contributed by atoms with van der Waals surface area (Å²) >= 11 is 0. The largest absolute Gasteiger partial charge is 0.497 e. The lowest BCUT2D eigenvalue weighted by atomic mass is 10.2. The fourth-order valence-electron chi connectivity index (χ4n) is 3.90. The topological polar surface area (TPSA) is 47.6 Å². The molecule has 0 saturated heterocycles. The minimum atomic E-state index is -1.83. The Kier molecular flexibility index (Phi) is 8.19. The lowest BCUT2D eigenvalue weighted by Gasteiger charge is -2.38. The van der Waals surface area contributed by atoms with Gasteiger partial charge in [-0.2, -0.15) is 0 Å². The second kappa shape index (κ2) is 9.51. The predicted molar refractivity (Wildman–Crippen MR) is 121 cm³/mol. The quantitative estimate of drug-likeness (QED) is 0.444. The van der Waals surface area contributed by atoms with Crippen molar-refractivity contribution >= 4 is 19.9 Å². The first-order valence-electron chi connectivity index (χ1n) is 10.0. The van der Waals surface area contributed by atoms with E-state index in [4.69, 9.17) is 9.47 Å². The van der Waals surface area contributed by atoms with Crippen LogP contribution in [0.4, 0.5) is 10.5 Å². The summed E-state index contributed by atoms with van der Waals surface area (Å²) in [4.78, 5) is 12.1. The van der Waals surface area contributed by atoms with Crippen molar-refractivity contribution < 1.29 is 14.3 Å². The predicted octanol–water partition coefficient (Wildman–Crippen LogP) is 6.61. The van der Waals surface area contributed by atoms with Gasteiger partial charge in [-0.05, 0) is 49.5 Å². The molecular weight excluding hydrogens is 366 g/mol. The first kappa shape index (κ1) is 24.1. The van der Waals surface area contributed by atoms with Crippen molar-refractivity contribution in [2.24, 2.45) is 0 Å². The lowest BCUT2D eigenvalue weighted by Crippen LogP contribution is -2.43. The van der Waals surface area contributed by atoms with E-state index in [9.17, 15) is 4.79 Å². The first-order valence-corrected chi connectivity index (χ1v) is 12.3. The van der Waals surface area contributed by atoms with Crippen molar-refractivity contribution in [1.29, 1.82) is 0 Å². The number of ether oxygens (including phenoxy) is 2. The van der Waals surface area contributed by atoms with E-state index in [1.165, 1.54) is 0 Å². The van der Waals surface area contributed by atoms with Crippen LogP contribution in [-0.4, -0.2) is 26.9 Å². The molecule has 0 spiro atoms. The lowest BCUT2D eigenvalue weighted by molar-refractivity contribution is 0.0636. The fraction of sp³-hybridized carbons (Fsp3) is 0.609. The molecule has 0 aliphatic rings. The fourth-order valence-corrected chi connectivity index (χ4v) is 9.12. The minimum absolute atomic E-state index is 0.491. The molecule has 0 bridgehead atoms. The van der Waals surface area contributed by atoms with Gasteiger partial charge in [-0.1, -0.05) is 47.5 Å². The molecule has 0 fully saturated rings. The monoisotopic (exact) mass is 403 g/mol. The maximum atomic E-state index is 12.1. The molecule has 28 heavy (non-hydrogen) atoms. The van der Waals surface area contributed by atoms with E-state index in [2.05, 4.69) is 58.3 Å². The molecule has 0 aromatic heterocycles. The molecule has 156 valence electrons. The van der Waals surface area contributed by atoms with Gasteiger partial charge in [-0.25, -0.2) is 4.79 Å². The molecule has 0 aliphatic heterocycles. The van der Waals surface area contributed by atoms with Crippen LogP contribution in [0.25, 0.3) is 0 Å². The third kappa shape index (κ3) is 6.30. The summed E-state index contributed by atoms with van der Waals surface area (Å²) in [6.45, 7) is 19.3. The molecule has 1 aromatic carbocycles.